The quantitative estimate of drug-likeness (QED) is 0.584. The van der Waals surface area contributed by atoms with Crippen LogP contribution in [-0.4, -0.2) is 31.7 Å². The highest BCUT2D eigenvalue weighted by atomic mass is 19.1. The van der Waals surface area contributed by atoms with Crippen LogP contribution in [0.25, 0.3) is 0 Å². The van der Waals surface area contributed by atoms with Gasteiger partial charge >= 0.3 is 12.0 Å². The van der Waals surface area contributed by atoms with Crippen molar-refractivity contribution in [2.45, 2.75) is 6.92 Å². The van der Waals surface area contributed by atoms with Crippen LogP contribution < -0.4 is 15.4 Å². The van der Waals surface area contributed by atoms with Crippen LogP contribution in [0.3, 0.4) is 0 Å². The van der Waals surface area contributed by atoms with Gasteiger partial charge in [-0.15, -0.1) is 0 Å². The molecule has 0 saturated carbocycles. The third-order valence-electron chi connectivity index (χ3n) is 3.17. The van der Waals surface area contributed by atoms with Crippen LogP contribution in [0.5, 0.6) is 11.5 Å². The molecule has 0 aliphatic rings. The number of benzene rings is 2. The maximum absolute atomic E-state index is 13.5. The lowest BCUT2D eigenvalue weighted by Gasteiger charge is -2.09. The Hall–Kier alpha value is -3.16. The number of rotatable bonds is 7. The molecule has 2 aromatic rings. The highest BCUT2D eigenvalue weighted by molar-refractivity contribution is 5.89. The third-order valence-corrected chi connectivity index (χ3v) is 3.17. The molecule has 138 valence electrons. The van der Waals surface area contributed by atoms with E-state index < -0.39 is 17.6 Å². The number of hydrogen-bond acceptors (Lipinski definition) is 4. The number of halogens is 2. The predicted octanol–water partition coefficient (Wildman–Crippen LogP) is 3.23. The van der Waals surface area contributed by atoms with Gasteiger partial charge in [0.1, 0.15) is 18.2 Å². The van der Waals surface area contributed by atoms with Crippen LogP contribution >= 0.6 is 0 Å². The molecule has 0 fully saturated rings. The fraction of sp³-hybridized carbons (Fsp3) is 0.222. The molecule has 2 rings (SSSR count). The summed E-state index contributed by atoms with van der Waals surface area (Å²) in [6.07, 6.45) is 0. The minimum Gasteiger partial charge on any atom is -0.460 e. The number of amides is 2. The largest absolute Gasteiger partial charge is 0.460 e. The fourth-order valence-electron chi connectivity index (χ4n) is 1.96. The molecule has 2 N–H and O–H groups in total. The van der Waals surface area contributed by atoms with E-state index in [1.807, 2.05) is 0 Å². The van der Waals surface area contributed by atoms with Crippen molar-refractivity contribution in [1.29, 1.82) is 0 Å². The Labute approximate surface area is 149 Å². The van der Waals surface area contributed by atoms with Crippen molar-refractivity contribution >= 4 is 12.0 Å². The highest BCUT2D eigenvalue weighted by Gasteiger charge is 2.09. The van der Waals surface area contributed by atoms with Crippen molar-refractivity contribution in [3.63, 3.8) is 0 Å². The third kappa shape index (κ3) is 5.73. The maximum atomic E-state index is 13.5. The summed E-state index contributed by atoms with van der Waals surface area (Å²) >= 11 is 0. The van der Waals surface area contributed by atoms with Crippen LogP contribution in [-0.2, 0) is 4.74 Å². The van der Waals surface area contributed by atoms with Gasteiger partial charge in [-0.2, -0.15) is 0 Å². The van der Waals surface area contributed by atoms with Gasteiger partial charge in [0, 0.05) is 12.6 Å². The molecule has 0 atom stereocenters. The summed E-state index contributed by atoms with van der Waals surface area (Å²) in [4.78, 5) is 23.0. The topological polar surface area (TPSA) is 76.7 Å². The molecule has 0 aromatic heterocycles. The van der Waals surface area contributed by atoms with Gasteiger partial charge in [0.2, 0.25) is 0 Å². The molecule has 0 spiro atoms. The van der Waals surface area contributed by atoms with Gasteiger partial charge in [-0.05, 0) is 43.3 Å². The van der Waals surface area contributed by atoms with E-state index in [9.17, 15) is 18.4 Å². The first kappa shape index (κ1) is 19.2. The molecular formula is C18H18F2N2O4. The van der Waals surface area contributed by atoms with Gasteiger partial charge in [-0.25, -0.2) is 18.4 Å². The molecule has 0 bridgehead atoms. The van der Waals surface area contributed by atoms with Gasteiger partial charge in [0.25, 0.3) is 0 Å². The Morgan fingerprint density at radius 2 is 1.77 bits per heavy atom. The van der Waals surface area contributed by atoms with Gasteiger partial charge in [0.05, 0.1) is 12.1 Å². The van der Waals surface area contributed by atoms with Crippen molar-refractivity contribution in [3.05, 3.63) is 59.7 Å². The Bertz CT molecular complexity index is 766. The van der Waals surface area contributed by atoms with E-state index in [1.54, 1.807) is 6.92 Å². The second kappa shape index (κ2) is 9.36. The average molecular weight is 364 g/mol. The van der Waals surface area contributed by atoms with E-state index in [0.717, 1.165) is 12.1 Å². The van der Waals surface area contributed by atoms with Gasteiger partial charge in [0.15, 0.2) is 11.6 Å². The lowest BCUT2D eigenvalue weighted by Crippen LogP contribution is -2.37. The summed E-state index contributed by atoms with van der Waals surface area (Å²) in [5.74, 6) is -1.94. The van der Waals surface area contributed by atoms with Gasteiger partial charge < -0.3 is 20.1 Å². The number of nitrogens with one attached hydrogen (secondary N) is 2. The molecule has 0 radical (unpaired) electrons. The molecule has 2 amide bonds. The summed E-state index contributed by atoms with van der Waals surface area (Å²) < 4.78 is 36.7. The Kier molecular flexibility index (Phi) is 6.90. The molecule has 2 aromatic carbocycles. The summed E-state index contributed by atoms with van der Waals surface area (Å²) in [5, 5.41) is 5.07. The van der Waals surface area contributed by atoms with E-state index >= 15 is 0 Å². The first-order valence-corrected chi connectivity index (χ1v) is 7.91. The standard InChI is InChI=1S/C18H18F2N2O4/c1-2-21-18(24)22-9-10-25-17(23)12-3-6-14(7-4-12)26-16-8-5-13(19)11-15(16)20/h3-8,11H,2,9-10H2,1H3,(H2,21,22,24). The number of hydrogen-bond donors (Lipinski definition) is 2. The zero-order valence-corrected chi connectivity index (χ0v) is 14.1. The molecular weight excluding hydrogens is 346 g/mol. The van der Waals surface area contributed by atoms with Crippen molar-refractivity contribution in [3.8, 4) is 11.5 Å². The zero-order chi connectivity index (χ0) is 18.9. The van der Waals surface area contributed by atoms with E-state index in [1.165, 1.54) is 30.3 Å². The second-order valence-electron chi connectivity index (χ2n) is 5.12. The highest BCUT2D eigenvalue weighted by Crippen LogP contribution is 2.25. The van der Waals surface area contributed by atoms with Gasteiger partial charge in [-0.3, -0.25) is 0 Å². The van der Waals surface area contributed by atoms with E-state index in [2.05, 4.69) is 10.6 Å². The lowest BCUT2D eigenvalue weighted by atomic mass is 10.2. The molecule has 0 aliphatic carbocycles. The number of carbonyl (C=O) groups excluding carboxylic acids is 2. The summed E-state index contributed by atoms with van der Waals surface area (Å²) in [6, 6.07) is 8.48. The van der Waals surface area contributed by atoms with Crippen molar-refractivity contribution < 1.29 is 27.8 Å². The maximum Gasteiger partial charge on any atom is 0.338 e. The molecule has 0 aliphatic heterocycles. The number of ether oxygens (including phenoxy) is 2. The Morgan fingerprint density at radius 3 is 2.42 bits per heavy atom. The smallest absolute Gasteiger partial charge is 0.338 e. The Morgan fingerprint density at radius 1 is 1.04 bits per heavy atom. The first-order chi connectivity index (χ1) is 12.5. The van der Waals surface area contributed by atoms with E-state index in [-0.39, 0.29) is 36.2 Å². The minimum atomic E-state index is -0.826. The molecule has 8 heteroatoms. The zero-order valence-electron chi connectivity index (χ0n) is 14.1. The SMILES string of the molecule is CCNC(=O)NCCOC(=O)c1ccc(Oc2ccc(F)cc2F)cc1. The second-order valence-corrected chi connectivity index (χ2v) is 5.12. The van der Waals surface area contributed by atoms with E-state index in [4.69, 9.17) is 9.47 Å². The number of urea groups is 1. The molecule has 26 heavy (non-hydrogen) atoms. The van der Waals surface area contributed by atoms with E-state index in [0.29, 0.717) is 6.54 Å². The van der Waals surface area contributed by atoms with Crippen molar-refractivity contribution in [1.82, 2.24) is 10.6 Å². The van der Waals surface area contributed by atoms with Crippen LogP contribution in [0, 0.1) is 11.6 Å². The normalized spacial score (nSPS) is 10.1. The minimum absolute atomic E-state index is 0.0228. The van der Waals surface area contributed by atoms with Gasteiger partial charge in [-0.1, -0.05) is 0 Å². The summed E-state index contributed by atoms with van der Waals surface area (Å²) in [6.45, 7) is 2.50. The first-order valence-electron chi connectivity index (χ1n) is 7.91. The van der Waals surface area contributed by atoms with Crippen LogP contribution in [0.4, 0.5) is 13.6 Å². The van der Waals surface area contributed by atoms with Crippen molar-refractivity contribution in [2.24, 2.45) is 0 Å². The van der Waals surface area contributed by atoms with Crippen molar-refractivity contribution in [2.75, 3.05) is 19.7 Å². The van der Waals surface area contributed by atoms with Crippen LogP contribution in [0.15, 0.2) is 42.5 Å². The summed E-state index contributed by atoms with van der Waals surface area (Å²) in [7, 11) is 0. The van der Waals surface area contributed by atoms with Crippen LogP contribution in [0.1, 0.15) is 17.3 Å². The molecule has 0 unspecified atom stereocenters. The molecule has 0 saturated heterocycles. The summed E-state index contributed by atoms with van der Waals surface area (Å²) in [5.41, 5.74) is 0.273. The number of carbonyl (C=O) groups is 2. The monoisotopic (exact) mass is 364 g/mol. The molecule has 0 heterocycles. The average Bonchev–Trinajstić information content (AvgIpc) is 2.62. The fourth-order valence-corrected chi connectivity index (χ4v) is 1.96. The van der Waals surface area contributed by atoms with Crippen LogP contribution in [0.2, 0.25) is 0 Å². The predicted molar refractivity (Wildman–Crippen MR) is 90.2 cm³/mol. The lowest BCUT2D eigenvalue weighted by molar-refractivity contribution is 0.0510. The Balaban J connectivity index is 1.84. The molecule has 6 nitrogen and oxygen atoms in total. The number of esters is 1.